The van der Waals surface area contributed by atoms with Crippen molar-refractivity contribution < 1.29 is 9.18 Å². The van der Waals surface area contributed by atoms with Gasteiger partial charge in [0, 0.05) is 12.3 Å². The minimum Gasteiger partial charge on any atom is -0.325 e. The van der Waals surface area contributed by atoms with Crippen LogP contribution in [0.15, 0.2) is 24.3 Å². The number of anilines is 1. The number of amides is 1. The van der Waals surface area contributed by atoms with Gasteiger partial charge in [-0.15, -0.1) is 0 Å². The molecule has 0 aliphatic heterocycles. The third kappa shape index (κ3) is 1.86. The lowest BCUT2D eigenvalue weighted by atomic mass is 10.1. The summed E-state index contributed by atoms with van der Waals surface area (Å²) in [7, 11) is 0. The summed E-state index contributed by atoms with van der Waals surface area (Å²) < 4.78 is 13.5. The van der Waals surface area contributed by atoms with E-state index in [1.165, 1.54) is 13.0 Å². The molecule has 82 valence electrons. The molecule has 1 aromatic carbocycles. The lowest BCUT2D eigenvalue weighted by Crippen LogP contribution is -2.08. The van der Waals surface area contributed by atoms with Gasteiger partial charge in [-0.2, -0.15) is 0 Å². The molecule has 0 unspecified atom stereocenters. The Morgan fingerprint density at radius 2 is 2.19 bits per heavy atom. The molecule has 0 aliphatic rings. The lowest BCUT2D eigenvalue weighted by molar-refractivity contribution is -0.114. The first-order valence-electron chi connectivity index (χ1n) is 4.91. The second-order valence-corrected chi connectivity index (χ2v) is 3.61. The fourth-order valence-electron chi connectivity index (χ4n) is 1.57. The summed E-state index contributed by atoms with van der Waals surface area (Å²) >= 11 is 0. The van der Waals surface area contributed by atoms with Crippen LogP contribution >= 0.6 is 0 Å². The fourth-order valence-corrected chi connectivity index (χ4v) is 1.57. The summed E-state index contributed by atoms with van der Waals surface area (Å²) in [6.07, 6.45) is 0. The van der Waals surface area contributed by atoms with Crippen LogP contribution in [0, 0.1) is 12.7 Å². The van der Waals surface area contributed by atoms with Crippen molar-refractivity contribution in [2.45, 2.75) is 13.8 Å². The van der Waals surface area contributed by atoms with Crippen LogP contribution in [-0.2, 0) is 4.79 Å². The van der Waals surface area contributed by atoms with Crippen LogP contribution in [0.2, 0.25) is 0 Å². The number of nitrogens with zero attached hydrogens (tertiary/aromatic N) is 1. The Balaban J connectivity index is 2.64. The van der Waals surface area contributed by atoms with Gasteiger partial charge in [-0.05, 0) is 25.1 Å². The molecule has 0 saturated heterocycles. The molecule has 2 aromatic rings. The number of pyridine rings is 1. The molecule has 0 atom stereocenters. The first kappa shape index (κ1) is 10.5. The van der Waals surface area contributed by atoms with Gasteiger partial charge in [0.05, 0.1) is 16.9 Å². The molecule has 16 heavy (non-hydrogen) atoms. The monoisotopic (exact) mass is 218 g/mol. The molecule has 1 aromatic heterocycles. The largest absolute Gasteiger partial charge is 0.325 e. The Morgan fingerprint density at radius 3 is 2.88 bits per heavy atom. The Bertz CT molecular complexity index is 566. The van der Waals surface area contributed by atoms with Gasteiger partial charge in [-0.1, -0.05) is 6.07 Å². The third-order valence-corrected chi connectivity index (χ3v) is 2.31. The zero-order valence-corrected chi connectivity index (χ0v) is 9.04. The molecule has 1 amide bonds. The quantitative estimate of drug-likeness (QED) is 0.799. The highest BCUT2D eigenvalue weighted by Gasteiger charge is 2.07. The molecule has 0 radical (unpaired) electrons. The molecule has 0 spiro atoms. The maximum absolute atomic E-state index is 13.5. The SMILES string of the molecule is CC(=O)Nc1cc2c(F)cccc2nc1C. The second-order valence-electron chi connectivity index (χ2n) is 3.61. The zero-order valence-electron chi connectivity index (χ0n) is 9.04. The summed E-state index contributed by atoms with van der Waals surface area (Å²) in [4.78, 5) is 15.2. The van der Waals surface area contributed by atoms with Crippen molar-refractivity contribution in [3.63, 3.8) is 0 Å². The van der Waals surface area contributed by atoms with Gasteiger partial charge < -0.3 is 5.32 Å². The van der Waals surface area contributed by atoms with Crippen LogP contribution in [0.5, 0.6) is 0 Å². The van der Waals surface area contributed by atoms with Crippen LogP contribution in [-0.4, -0.2) is 10.9 Å². The van der Waals surface area contributed by atoms with E-state index in [9.17, 15) is 9.18 Å². The average Bonchev–Trinajstić information content (AvgIpc) is 2.20. The van der Waals surface area contributed by atoms with Crippen LogP contribution in [0.4, 0.5) is 10.1 Å². The van der Waals surface area contributed by atoms with Crippen molar-refractivity contribution in [2.75, 3.05) is 5.32 Å². The second kappa shape index (κ2) is 3.89. The van der Waals surface area contributed by atoms with E-state index in [0.29, 0.717) is 22.3 Å². The summed E-state index contributed by atoms with van der Waals surface area (Å²) in [5, 5.41) is 3.04. The predicted octanol–water partition coefficient (Wildman–Crippen LogP) is 2.64. The van der Waals surface area contributed by atoms with E-state index in [1.807, 2.05) is 0 Å². The van der Waals surface area contributed by atoms with Crippen LogP contribution in [0.25, 0.3) is 10.9 Å². The van der Waals surface area contributed by atoms with Crippen molar-refractivity contribution in [3.05, 3.63) is 35.8 Å². The van der Waals surface area contributed by atoms with E-state index in [-0.39, 0.29) is 11.7 Å². The van der Waals surface area contributed by atoms with E-state index in [0.717, 1.165) is 0 Å². The summed E-state index contributed by atoms with van der Waals surface area (Å²) in [5.41, 5.74) is 1.81. The molecule has 0 bridgehead atoms. The van der Waals surface area contributed by atoms with Crippen molar-refractivity contribution in [3.8, 4) is 0 Å². The summed E-state index contributed by atoms with van der Waals surface area (Å²) in [6.45, 7) is 3.18. The van der Waals surface area contributed by atoms with Crippen LogP contribution in [0.3, 0.4) is 0 Å². The maximum atomic E-state index is 13.5. The number of benzene rings is 1. The zero-order chi connectivity index (χ0) is 11.7. The Hall–Kier alpha value is -1.97. The topological polar surface area (TPSA) is 42.0 Å². The van der Waals surface area contributed by atoms with Crippen molar-refractivity contribution >= 4 is 22.5 Å². The minimum atomic E-state index is -0.336. The summed E-state index contributed by atoms with van der Waals surface area (Å²) in [6, 6.07) is 6.33. The smallest absolute Gasteiger partial charge is 0.221 e. The highest BCUT2D eigenvalue weighted by atomic mass is 19.1. The number of carbonyl (C=O) groups is 1. The number of nitrogens with one attached hydrogen (secondary N) is 1. The average molecular weight is 218 g/mol. The number of halogens is 1. The van der Waals surface area contributed by atoms with Crippen LogP contribution in [0.1, 0.15) is 12.6 Å². The molecule has 2 rings (SSSR count). The lowest BCUT2D eigenvalue weighted by Gasteiger charge is -2.07. The van der Waals surface area contributed by atoms with Crippen molar-refractivity contribution in [1.29, 1.82) is 0 Å². The Morgan fingerprint density at radius 1 is 1.44 bits per heavy atom. The van der Waals surface area contributed by atoms with E-state index >= 15 is 0 Å². The van der Waals surface area contributed by atoms with E-state index in [1.54, 1.807) is 25.1 Å². The minimum absolute atomic E-state index is 0.194. The third-order valence-electron chi connectivity index (χ3n) is 2.31. The number of fused-ring (bicyclic) bond motifs is 1. The normalized spacial score (nSPS) is 10.4. The number of aryl methyl sites for hydroxylation is 1. The van der Waals surface area contributed by atoms with Gasteiger partial charge in [0.2, 0.25) is 5.91 Å². The van der Waals surface area contributed by atoms with Gasteiger partial charge in [0.25, 0.3) is 0 Å². The molecule has 1 heterocycles. The van der Waals surface area contributed by atoms with Crippen molar-refractivity contribution in [1.82, 2.24) is 4.98 Å². The first-order chi connectivity index (χ1) is 7.58. The predicted molar refractivity (Wildman–Crippen MR) is 60.7 cm³/mol. The van der Waals surface area contributed by atoms with E-state index in [2.05, 4.69) is 10.3 Å². The highest BCUT2D eigenvalue weighted by Crippen LogP contribution is 2.22. The number of aromatic nitrogens is 1. The summed E-state index contributed by atoms with van der Waals surface area (Å²) in [5.74, 6) is -0.530. The van der Waals surface area contributed by atoms with Gasteiger partial charge in [0.1, 0.15) is 5.82 Å². The highest BCUT2D eigenvalue weighted by molar-refractivity contribution is 5.92. The van der Waals surface area contributed by atoms with Gasteiger partial charge in [-0.25, -0.2) is 4.39 Å². The first-order valence-corrected chi connectivity index (χ1v) is 4.91. The molecule has 4 heteroatoms. The molecular formula is C12H11FN2O. The molecular weight excluding hydrogens is 207 g/mol. The standard InChI is InChI=1S/C12H11FN2O/c1-7-12(15-8(2)16)6-9-10(13)4-3-5-11(9)14-7/h3-6H,1-2H3,(H,15,16). The van der Waals surface area contributed by atoms with E-state index in [4.69, 9.17) is 0 Å². The molecule has 0 fully saturated rings. The number of rotatable bonds is 1. The van der Waals surface area contributed by atoms with Crippen LogP contribution < -0.4 is 5.32 Å². The molecule has 0 saturated carbocycles. The molecule has 3 nitrogen and oxygen atoms in total. The Kier molecular flexibility index (Phi) is 2.56. The molecule has 1 N–H and O–H groups in total. The maximum Gasteiger partial charge on any atom is 0.221 e. The number of carbonyl (C=O) groups excluding carboxylic acids is 1. The fraction of sp³-hybridized carbons (Fsp3) is 0.167. The van der Waals surface area contributed by atoms with Gasteiger partial charge in [0.15, 0.2) is 0 Å². The number of hydrogen-bond acceptors (Lipinski definition) is 2. The van der Waals surface area contributed by atoms with Gasteiger partial charge >= 0.3 is 0 Å². The number of hydrogen-bond donors (Lipinski definition) is 1. The van der Waals surface area contributed by atoms with E-state index < -0.39 is 0 Å². The Labute approximate surface area is 92.3 Å². The molecule has 0 aliphatic carbocycles. The van der Waals surface area contributed by atoms with Crippen molar-refractivity contribution in [2.24, 2.45) is 0 Å². The van der Waals surface area contributed by atoms with Gasteiger partial charge in [-0.3, -0.25) is 9.78 Å².